The molecule has 1 N–H and O–H groups in total. The first-order chi connectivity index (χ1) is 17.7. The summed E-state index contributed by atoms with van der Waals surface area (Å²) in [5.41, 5.74) is 6.44. The second-order valence-electron chi connectivity index (χ2n) is 11.2. The molecule has 0 saturated carbocycles. The van der Waals surface area contributed by atoms with Gasteiger partial charge in [0.2, 0.25) is 5.78 Å². The number of benzene rings is 2. The second kappa shape index (κ2) is 15.8. The average Bonchev–Trinajstić information content (AvgIpc) is 2.92. The van der Waals surface area contributed by atoms with Gasteiger partial charge in [0.25, 0.3) is 0 Å². The minimum atomic E-state index is -0.275. The molecule has 2 aromatic rings. The lowest BCUT2D eigenvalue weighted by molar-refractivity contribution is 0.0980. The number of carbonyl (C=O) groups excluding carboxylic acids is 1. The Bertz CT molecular complexity index is 984. The minimum absolute atomic E-state index is 0.164. The topological polar surface area (TPSA) is 37.3 Å². The number of rotatable bonds is 16. The van der Waals surface area contributed by atoms with E-state index < -0.39 is 0 Å². The Morgan fingerprint density at radius 2 is 1.27 bits per heavy atom. The first-order valence-electron chi connectivity index (χ1n) is 15.0. The number of unbranched alkanes of at least 4 members (excludes halogenated alkanes) is 3. The standard InChI is InChI=1S/C35H52O2/c1-8-12-15-25(5)29-21-30(26(6)16-13-9-2)23-32(22-29)35(37)34(36)24-31-20-28(11-4)18-19-33(31)27(7)17-14-10-3/h18-27,36H,8-17H2,1-7H3/b34-24-. The molecule has 0 heterocycles. The van der Waals surface area contributed by atoms with E-state index in [1.165, 1.54) is 60.8 Å². The summed E-state index contributed by atoms with van der Waals surface area (Å²) in [6.45, 7) is 15.6. The van der Waals surface area contributed by atoms with E-state index >= 15 is 0 Å². The molecule has 0 aliphatic carbocycles. The van der Waals surface area contributed by atoms with Crippen LogP contribution < -0.4 is 0 Å². The van der Waals surface area contributed by atoms with E-state index in [4.69, 9.17) is 0 Å². The van der Waals surface area contributed by atoms with Crippen LogP contribution in [0.1, 0.15) is 162 Å². The first kappa shape index (κ1) is 30.9. The van der Waals surface area contributed by atoms with Gasteiger partial charge in [0.05, 0.1) is 0 Å². The van der Waals surface area contributed by atoms with Crippen LogP contribution in [0.2, 0.25) is 0 Å². The number of aliphatic hydroxyl groups is 1. The fourth-order valence-corrected chi connectivity index (χ4v) is 5.18. The average molecular weight is 505 g/mol. The van der Waals surface area contributed by atoms with Gasteiger partial charge < -0.3 is 5.11 Å². The van der Waals surface area contributed by atoms with Crippen LogP contribution in [0.25, 0.3) is 6.08 Å². The molecule has 2 heteroatoms. The summed E-state index contributed by atoms with van der Waals surface area (Å²) >= 11 is 0. The van der Waals surface area contributed by atoms with Crippen molar-refractivity contribution in [2.75, 3.05) is 0 Å². The number of carbonyl (C=O) groups is 1. The normalized spacial score (nSPS) is 14.4. The van der Waals surface area contributed by atoms with Gasteiger partial charge in [-0.1, -0.05) is 111 Å². The second-order valence-corrected chi connectivity index (χ2v) is 11.2. The van der Waals surface area contributed by atoms with E-state index in [0.29, 0.717) is 23.3 Å². The van der Waals surface area contributed by atoms with E-state index in [1.54, 1.807) is 6.08 Å². The lowest BCUT2D eigenvalue weighted by Gasteiger charge is -2.19. The van der Waals surface area contributed by atoms with Gasteiger partial charge in [0.1, 0.15) is 0 Å². The van der Waals surface area contributed by atoms with Gasteiger partial charge in [-0.05, 0) is 89.5 Å². The zero-order valence-electron chi connectivity index (χ0n) is 24.7. The van der Waals surface area contributed by atoms with Crippen LogP contribution in [0.5, 0.6) is 0 Å². The maximum absolute atomic E-state index is 13.6. The SMILES string of the molecule is CCCCC(C)c1cc(C(=O)/C(O)=C/c2cc(CC)ccc2C(C)CCCC)cc(C(C)CCCC)c1. The smallest absolute Gasteiger partial charge is 0.227 e. The number of hydrogen-bond donors (Lipinski definition) is 1. The third-order valence-corrected chi connectivity index (χ3v) is 7.97. The van der Waals surface area contributed by atoms with Crippen molar-refractivity contribution < 1.29 is 9.90 Å². The Hall–Kier alpha value is -2.35. The van der Waals surface area contributed by atoms with Crippen molar-refractivity contribution in [1.29, 1.82) is 0 Å². The Morgan fingerprint density at radius 3 is 1.76 bits per heavy atom. The van der Waals surface area contributed by atoms with Gasteiger partial charge in [0.15, 0.2) is 5.76 Å². The van der Waals surface area contributed by atoms with E-state index in [0.717, 1.165) is 31.2 Å². The number of hydrogen-bond acceptors (Lipinski definition) is 2. The maximum atomic E-state index is 13.6. The van der Waals surface area contributed by atoms with Crippen LogP contribution in [-0.2, 0) is 6.42 Å². The third kappa shape index (κ3) is 9.16. The van der Waals surface area contributed by atoms with Crippen molar-refractivity contribution in [3.63, 3.8) is 0 Å². The quantitative estimate of drug-likeness (QED) is 0.140. The van der Waals surface area contributed by atoms with Crippen LogP contribution in [-0.4, -0.2) is 10.9 Å². The molecule has 0 radical (unpaired) electrons. The van der Waals surface area contributed by atoms with Gasteiger partial charge in [0, 0.05) is 5.56 Å². The van der Waals surface area contributed by atoms with Crippen molar-refractivity contribution in [2.45, 2.75) is 130 Å². The predicted molar refractivity (Wildman–Crippen MR) is 161 cm³/mol. The fourth-order valence-electron chi connectivity index (χ4n) is 5.18. The summed E-state index contributed by atoms with van der Waals surface area (Å²) in [6.07, 6.45) is 13.0. The highest BCUT2D eigenvalue weighted by Gasteiger charge is 2.19. The lowest BCUT2D eigenvalue weighted by Crippen LogP contribution is -2.08. The summed E-state index contributed by atoms with van der Waals surface area (Å²) < 4.78 is 0. The van der Waals surface area contributed by atoms with Gasteiger partial charge in [-0.25, -0.2) is 0 Å². The predicted octanol–water partition coefficient (Wildman–Crippen LogP) is 10.9. The zero-order valence-corrected chi connectivity index (χ0v) is 24.7. The summed E-state index contributed by atoms with van der Waals surface area (Å²) in [7, 11) is 0. The Morgan fingerprint density at radius 1 is 0.757 bits per heavy atom. The van der Waals surface area contributed by atoms with Crippen molar-refractivity contribution in [3.05, 3.63) is 75.5 Å². The van der Waals surface area contributed by atoms with Crippen LogP contribution in [0.15, 0.2) is 42.2 Å². The summed E-state index contributed by atoms with van der Waals surface area (Å²) in [5, 5.41) is 11.1. The number of aliphatic hydroxyl groups excluding tert-OH is 1. The zero-order chi connectivity index (χ0) is 27.4. The molecule has 0 aliphatic heterocycles. The van der Waals surface area contributed by atoms with Gasteiger partial charge in [-0.15, -0.1) is 0 Å². The van der Waals surface area contributed by atoms with Crippen LogP contribution in [0.3, 0.4) is 0 Å². The summed E-state index contributed by atoms with van der Waals surface area (Å²) in [6, 6.07) is 12.9. The molecule has 3 atom stereocenters. The van der Waals surface area contributed by atoms with Gasteiger partial charge in [-0.2, -0.15) is 0 Å². The van der Waals surface area contributed by atoms with Crippen molar-refractivity contribution >= 4 is 11.9 Å². The number of ketones is 1. The van der Waals surface area contributed by atoms with Gasteiger partial charge >= 0.3 is 0 Å². The Labute approximate surface area is 227 Å². The van der Waals surface area contributed by atoms with E-state index in [9.17, 15) is 9.90 Å². The van der Waals surface area contributed by atoms with Crippen molar-refractivity contribution in [3.8, 4) is 0 Å². The molecular weight excluding hydrogens is 452 g/mol. The highest BCUT2D eigenvalue weighted by molar-refractivity contribution is 6.09. The van der Waals surface area contributed by atoms with E-state index in [1.807, 2.05) is 12.1 Å². The van der Waals surface area contributed by atoms with Crippen molar-refractivity contribution in [2.24, 2.45) is 0 Å². The minimum Gasteiger partial charge on any atom is -0.504 e. The molecule has 37 heavy (non-hydrogen) atoms. The summed E-state index contributed by atoms with van der Waals surface area (Å²) in [5.74, 6) is 0.727. The third-order valence-electron chi connectivity index (χ3n) is 7.97. The molecule has 0 bridgehead atoms. The molecule has 0 aromatic heterocycles. The number of Topliss-reactive ketones (excluding diaryl/α,β-unsaturated/α-hetero) is 1. The van der Waals surface area contributed by atoms with Gasteiger partial charge in [-0.3, -0.25) is 4.79 Å². The summed E-state index contributed by atoms with van der Waals surface area (Å²) in [4.78, 5) is 13.6. The Kier molecular flexibility index (Phi) is 13.2. The molecule has 204 valence electrons. The molecule has 0 saturated heterocycles. The Balaban J connectivity index is 2.48. The maximum Gasteiger partial charge on any atom is 0.227 e. The molecule has 3 unspecified atom stereocenters. The highest BCUT2D eigenvalue weighted by Crippen LogP contribution is 2.31. The highest BCUT2D eigenvalue weighted by atomic mass is 16.3. The monoisotopic (exact) mass is 504 g/mol. The largest absolute Gasteiger partial charge is 0.504 e. The van der Waals surface area contributed by atoms with E-state index in [2.05, 4.69) is 72.7 Å². The molecule has 2 nitrogen and oxygen atoms in total. The number of allylic oxidation sites excluding steroid dienone is 1. The molecule has 2 rings (SSSR count). The number of aryl methyl sites for hydroxylation is 1. The fraction of sp³-hybridized carbons (Fsp3) is 0.571. The molecule has 2 aromatic carbocycles. The van der Waals surface area contributed by atoms with Crippen LogP contribution in [0, 0.1) is 0 Å². The van der Waals surface area contributed by atoms with E-state index in [-0.39, 0.29) is 11.5 Å². The lowest BCUT2D eigenvalue weighted by atomic mass is 9.86. The molecule has 0 fully saturated rings. The molecular formula is C35H52O2. The molecule has 0 spiro atoms. The first-order valence-corrected chi connectivity index (χ1v) is 15.0. The molecule has 0 aliphatic rings. The van der Waals surface area contributed by atoms with Crippen LogP contribution >= 0.6 is 0 Å². The van der Waals surface area contributed by atoms with Crippen molar-refractivity contribution in [1.82, 2.24) is 0 Å². The van der Waals surface area contributed by atoms with Crippen LogP contribution in [0.4, 0.5) is 0 Å². The molecule has 0 amide bonds.